The Labute approximate surface area is 81.7 Å². The summed E-state index contributed by atoms with van der Waals surface area (Å²) in [6.07, 6.45) is 14.7. The lowest BCUT2D eigenvalue weighted by atomic mass is 9.80. The molecule has 1 saturated carbocycles. The Kier molecular flexibility index (Phi) is 2.87. The van der Waals surface area contributed by atoms with Crippen molar-refractivity contribution in [2.75, 3.05) is 0 Å². The predicted molar refractivity (Wildman–Crippen MR) is 57.6 cm³/mol. The SMILES string of the molecule is CC1=CCCC(C2CCCCC2)=C1. The minimum atomic E-state index is 0.942. The summed E-state index contributed by atoms with van der Waals surface area (Å²) in [6, 6.07) is 0. The van der Waals surface area contributed by atoms with Crippen LogP contribution in [0.3, 0.4) is 0 Å². The third-order valence-electron chi connectivity index (χ3n) is 3.44. The molecule has 0 spiro atoms. The highest BCUT2D eigenvalue weighted by Crippen LogP contribution is 2.34. The van der Waals surface area contributed by atoms with Gasteiger partial charge >= 0.3 is 0 Å². The van der Waals surface area contributed by atoms with Crippen molar-refractivity contribution >= 4 is 0 Å². The van der Waals surface area contributed by atoms with E-state index in [1.54, 1.807) is 5.57 Å². The van der Waals surface area contributed by atoms with Gasteiger partial charge in [0.2, 0.25) is 0 Å². The molecule has 72 valence electrons. The average molecular weight is 176 g/mol. The molecule has 13 heavy (non-hydrogen) atoms. The summed E-state index contributed by atoms with van der Waals surface area (Å²) in [5.74, 6) is 0.942. The summed E-state index contributed by atoms with van der Waals surface area (Å²) in [6.45, 7) is 2.24. The van der Waals surface area contributed by atoms with Crippen LogP contribution in [0.4, 0.5) is 0 Å². The van der Waals surface area contributed by atoms with Crippen molar-refractivity contribution in [1.29, 1.82) is 0 Å². The van der Waals surface area contributed by atoms with Crippen LogP contribution in [-0.4, -0.2) is 0 Å². The van der Waals surface area contributed by atoms with Crippen LogP contribution in [0.15, 0.2) is 23.3 Å². The van der Waals surface area contributed by atoms with Crippen molar-refractivity contribution in [3.05, 3.63) is 23.3 Å². The summed E-state index contributed by atoms with van der Waals surface area (Å²) in [5, 5.41) is 0. The quantitative estimate of drug-likeness (QED) is 0.560. The molecule has 0 aromatic rings. The van der Waals surface area contributed by atoms with Gasteiger partial charge in [0.1, 0.15) is 0 Å². The maximum absolute atomic E-state index is 2.44. The highest BCUT2D eigenvalue weighted by molar-refractivity contribution is 5.27. The van der Waals surface area contributed by atoms with Gasteiger partial charge in [-0.3, -0.25) is 0 Å². The maximum Gasteiger partial charge on any atom is -0.0200 e. The van der Waals surface area contributed by atoms with Crippen LogP contribution in [0.25, 0.3) is 0 Å². The van der Waals surface area contributed by atoms with Gasteiger partial charge < -0.3 is 0 Å². The van der Waals surface area contributed by atoms with Gasteiger partial charge in [0.05, 0.1) is 0 Å². The molecule has 0 aromatic heterocycles. The number of rotatable bonds is 1. The van der Waals surface area contributed by atoms with Crippen molar-refractivity contribution in [1.82, 2.24) is 0 Å². The molecule has 2 aliphatic rings. The Hall–Kier alpha value is -0.520. The number of allylic oxidation sites excluding steroid dienone is 4. The fourth-order valence-electron chi connectivity index (χ4n) is 2.69. The van der Waals surface area contributed by atoms with E-state index in [-0.39, 0.29) is 0 Å². The largest absolute Gasteiger partial charge is 0.0813 e. The van der Waals surface area contributed by atoms with Gasteiger partial charge in [-0.25, -0.2) is 0 Å². The fourth-order valence-corrected chi connectivity index (χ4v) is 2.69. The van der Waals surface area contributed by atoms with Crippen LogP contribution < -0.4 is 0 Å². The van der Waals surface area contributed by atoms with Gasteiger partial charge in [-0.2, -0.15) is 0 Å². The minimum Gasteiger partial charge on any atom is -0.0813 e. The molecule has 2 aliphatic carbocycles. The molecule has 0 heterocycles. The second-order valence-electron chi connectivity index (χ2n) is 4.54. The van der Waals surface area contributed by atoms with E-state index >= 15 is 0 Å². The average Bonchev–Trinajstić information content (AvgIpc) is 2.19. The monoisotopic (exact) mass is 176 g/mol. The second kappa shape index (κ2) is 4.13. The van der Waals surface area contributed by atoms with Crippen LogP contribution in [0.1, 0.15) is 51.9 Å². The molecular weight excluding hydrogens is 156 g/mol. The first-order valence-electron chi connectivity index (χ1n) is 5.73. The van der Waals surface area contributed by atoms with Crippen LogP contribution in [0.2, 0.25) is 0 Å². The fraction of sp³-hybridized carbons (Fsp3) is 0.692. The molecule has 0 N–H and O–H groups in total. The van der Waals surface area contributed by atoms with E-state index in [9.17, 15) is 0 Å². The van der Waals surface area contributed by atoms with Gasteiger partial charge in [-0.1, -0.05) is 42.6 Å². The third-order valence-corrected chi connectivity index (χ3v) is 3.44. The molecule has 0 bridgehead atoms. The van der Waals surface area contributed by atoms with E-state index in [0.717, 1.165) is 5.92 Å². The van der Waals surface area contributed by atoms with E-state index in [1.807, 2.05) is 0 Å². The normalized spacial score (nSPS) is 25.3. The van der Waals surface area contributed by atoms with Crippen molar-refractivity contribution in [3.63, 3.8) is 0 Å². The topological polar surface area (TPSA) is 0 Å². The minimum absolute atomic E-state index is 0.942. The van der Waals surface area contributed by atoms with Crippen molar-refractivity contribution in [2.45, 2.75) is 51.9 Å². The molecule has 0 saturated heterocycles. The zero-order chi connectivity index (χ0) is 9.10. The first-order chi connectivity index (χ1) is 6.36. The zero-order valence-corrected chi connectivity index (χ0v) is 8.68. The van der Waals surface area contributed by atoms with E-state index in [1.165, 1.54) is 50.5 Å². The lowest BCUT2D eigenvalue weighted by molar-refractivity contribution is 0.394. The standard InChI is InChI=1S/C13H20/c1-11-6-5-9-13(10-11)12-7-3-2-4-8-12/h6,10,12H,2-5,7-9H2,1H3. The molecule has 0 radical (unpaired) electrons. The molecule has 0 aromatic carbocycles. The molecule has 0 amide bonds. The van der Waals surface area contributed by atoms with E-state index < -0.39 is 0 Å². The Bertz CT molecular complexity index is 226. The Morgan fingerprint density at radius 1 is 1.15 bits per heavy atom. The van der Waals surface area contributed by atoms with E-state index in [2.05, 4.69) is 19.1 Å². The van der Waals surface area contributed by atoms with Gasteiger partial charge in [0.15, 0.2) is 0 Å². The highest BCUT2D eigenvalue weighted by atomic mass is 14.2. The Morgan fingerprint density at radius 3 is 2.62 bits per heavy atom. The first-order valence-corrected chi connectivity index (χ1v) is 5.73. The second-order valence-corrected chi connectivity index (χ2v) is 4.54. The molecular formula is C13H20. The Morgan fingerprint density at radius 2 is 1.92 bits per heavy atom. The zero-order valence-electron chi connectivity index (χ0n) is 8.68. The van der Waals surface area contributed by atoms with Crippen molar-refractivity contribution < 1.29 is 0 Å². The lowest BCUT2D eigenvalue weighted by Gasteiger charge is -2.26. The molecule has 0 unspecified atom stereocenters. The molecule has 1 fully saturated rings. The van der Waals surface area contributed by atoms with Gasteiger partial charge in [-0.15, -0.1) is 0 Å². The Balaban J connectivity index is 2.02. The van der Waals surface area contributed by atoms with Crippen LogP contribution >= 0.6 is 0 Å². The summed E-state index contributed by atoms with van der Waals surface area (Å²) in [7, 11) is 0. The van der Waals surface area contributed by atoms with E-state index in [4.69, 9.17) is 0 Å². The highest BCUT2D eigenvalue weighted by Gasteiger charge is 2.18. The van der Waals surface area contributed by atoms with Gasteiger partial charge in [0, 0.05) is 0 Å². The van der Waals surface area contributed by atoms with Crippen molar-refractivity contribution in [2.24, 2.45) is 5.92 Å². The van der Waals surface area contributed by atoms with Crippen molar-refractivity contribution in [3.8, 4) is 0 Å². The number of hydrogen-bond donors (Lipinski definition) is 0. The maximum atomic E-state index is 2.44. The van der Waals surface area contributed by atoms with E-state index in [0.29, 0.717) is 0 Å². The summed E-state index contributed by atoms with van der Waals surface area (Å²) in [4.78, 5) is 0. The lowest BCUT2D eigenvalue weighted by Crippen LogP contribution is -2.10. The van der Waals surface area contributed by atoms with Gasteiger partial charge in [0.25, 0.3) is 0 Å². The summed E-state index contributed by atoms with van der Waals surface area (Å²) < 4.78 is 0. The first kappa shape index (κ1) is 9.05. The summed E-state index contributed by atoms with van der Waals surface area (Å²) >= 11 is 0. The molecule has 0 heteroatoms. The smallest absolute Gasteiger partial charge is 0.0200 e. The van der Waals surface area contributed by atoms with Crippen LogP contribution in [-0.2, 0) is 0 Å². The molecule has 2 rings (SSSR count). The number of hydrogen-bond acceptors (Lipinski definition) is 0. The molecule has 0 nitrogen and oxygen atoms in total. The van der Waals surface area contributed by atoms with Crippen LogP contribution in [0.5, 0.6) is 0 Å². The molecule has 0 aliphatic heterocycles. The molecule has 0 atom stereocenters. The third kappa shape index (κ3) is 2.24. The predicted octanol–water partition coefficient (Wildman–Crippen LogP) is 4.23. The van der Waals surface area contributed by atoms with Gasteiger partial charge in [-0.05, 0) is 38.5 Å². The summed E-state index contributed by atoms with van der Waals surface area (Å²) in [5.41, 5.74) is 3.24. The van der Waals surface area contributed by atoms with Crippen LogP contribution in [0, 0.1) is 5.92 Å².